The maximum Gasteiger partial charge on any atom is 0.342 e. The third-order valence-corrected chi connectivity index (χ3v) is 5.90. The minimum Gasteiger partial charge on any atom is -0.508 e. The fraction of sp³-hybridized carbons (Fsp3) is 0.500. The number of rotatable bonds is 3. The van der Waals surface area contributed by atoms with E-state index in [2.05, 4.69) is 18.2 Å². The number of phenols is 2. The third kappa shape index (κ3) is 7.37. The van der Waals surface area contributed by atoms with Gasteiger partial charge in [-0.25, -0.2) is 4.79 Å². The van der Waals surface area contributed by atoms with E-state index >= 15 is 0 Å². The number of oxime groups is 1. The number of piperidine rings is 1. The summed E-state index contributed by atoms with van der Waals surface area (Å²) in [5, 5.41) is 24.6. The second kappa shape index (κ2) is 12.3. The Hall–Kier alpha value is -3.29. The van der Waals surface area contributed by atoms with Crippen LogP contribution in [0.2, 0.25) is 0 Å². The minimum absolute atomic E-state index is 0.0236. The number of likely N-dealkylation sites (tertiary alicyclic amines) is 1. The lowest BCUT2D eigenvalue weighted by atomic mass is 9.99. The van der Waals surface area contributed by atoms with Crippen LogP contribution < -0.4 is 0 Å². The molecule has 0 aromatic heterocycles. The maximum atomic E-state index is 12.8. The number of amides is 1. The number of phenolic OH excluding ortho intramolecular Hbond substituents is 2. The number of carbonyl (C=O) groups is 2. The molecule has 2 N–H and O–H groups in total. The fourth-order valence-electron chi connectivity index (χ4n) is 4.06. The summed E-state index contributed by atoms with van der Waals surface area (Å²) in [6.07, 6.45) is 11.9. The van der Waals surface area contributed by atoms with Crippen molar-refractivity contribution in [2.75, 3.05) is 19.7 Å². The Morgan fingerprint density at radius 3 is 2.68 bits per heavy atom. The quantitative estimate of drug-likeness (QED) is 0.391. The van der Waals surface area contributed by atoms with Gasteiger partial charge in [-0.2, -0.15) is 0 Å². The summed E-state index contributed by atoms with van der Waals surface area (Å²) in [4.78, 5) is 32.4. The molecule has 1 aromatic rings. The van der Waals surface area contributed by atoms with Crippen molar-refractivity contribution in [3.8, 4) is 11.5 Å². The van der Waals surface area contributed by atoms with Crippen molar-refractivity contribution in [2.24, 2.45) is 11.1 Å². The van der Waals surface area contributed by atoms with E-state index in [0.29, 0.717) is 17.7 Å². The average molecular weight is 471 g/mol. The number of allylic oxidation sites excluding steroid dienone is 3. The van der Waals surface area contributed by atoms with Crippen LogP contribution in [0, 0.1) is 5.92 Å². The van der Waals surface area contributed by atoms with Crippen molar-refractivity contribution in [1.29, 1.82) is 0 Å². The maximum absolute atomic E-state index is 12.8. The van der Waals surface area contributed by atoms with Crippen molar-refractivity contribution in [3.63, 3.8) is 0 Å². The molecule has 1 amide bonds. The van der Waals surface area contributed by atoms with E-state index in [9.17, 15) is 19.8 Å². The van der Waals surface area contributed by atoms with E-state index in [-0.39, 0.29) is 48.0 Å². The van der Waals surface area contributed by atoms with Gasteiger partial charge in [-0.05, 0) is 56.2 Å². The number of hydrogen-bond acceptors (Lipinski definition) is 7. The summed E-state index contributed by atoms with van der Waals surface area (Å²) in [6.45, 7) is 5.16. The third-order valence-electron chi connectivity index (χ3n) is 5.90. The summed E-state index contributed by atoms with van der Waals surface area (Å²) in [5.41, 5.74) is 0.779. The number of esters is 1. The Morgan fingerprint density at radius 2 is 1.91 bits per heavy atom. The highest BCUT2D eigenvalue weighted by Crippen LogP contribution is 2.29. The predicted octanol–water partition coefficient (Wildman–Crippen LogP) is 4.11. The van der Waals surface area contributed by atoms with E-state index < -0.39 is 5.97 Å². The highest BCUT2D eigenvalue weighted by molar-refractivity contribution is 6.00. The van der Waals surface area contributed by atoms with Crippen LogP contribution in [0.1, 0.15) is 61.9 Å². The van der Waals surface area contributed by atoms with Crippen LogP contribution in [0.3, 0.4) is 0 Å². The number of hydrogen-bond donors (Lipinski definition) is 2. The molecule has 0 saturated carbocycles. The lowest BCUT2D eigenvalue weighted by molar-refractivity contribution is -0.137. The summed E-state index contributed by atoms with van der Waals surface area (Å²) >= 11 is 0. The predicted molar refractivity (Wildman–Crippen MR) is 129 cm³/mol. The lowest BCUT2D eigenvalue weighted by Gasteiger charge is -2.26. The second-order valence-electron chi connectivity index (χ2n) is 8.97. The molecule has 2 heterocycles. The van der Waals surface area contributed by atoms with Gasteiger partial charge in [-0.3, -0.25) is 4.79 Å². The van der Waals surface area contributed by atoms with Crippen LogP contribution >= 0.6 is 0 Å². The second-order valence-corrected chi connectivity index (χ2v) is 8.97. The molecular formula is C26H34N2O6. The number of benzene rings is 1. The van der Waals surface area contributed by atoms with Gasteiger partial charge in [0.1, 0.15) is 23.2 Å². The molecule has 2 atom stereocenters. The molecular weight excluding hydrogens is 436 g/mol. The number of aromatic hydroxyl groups is 2. The largest absolute Gasteiger partial charge is 0.508 e. The Labute approximate surface area is 200 Å². The van der Waals surface area contributed by atoms with Crippen molar-refractivity contribution >= 4 is 17.6 Å². The van der Waals surface area contributed by atoms with Gasteiger partial charge in [0.15, 0.2) is 6.61 Å². The van der Waals surface area contributed by atoms with Crippen molar-refractivity contribution in [2.45, 2.75) is 58.5 Å². The Balaban J connectivity index is 1.86. The molecule has 2 aliphatic heterocycles. The average Bonchev–Trinajstić information content (AvgIpc) is 2.78. The van der Waals surface area contributed by atoms with Crippen LogP contribution in [-0.2, 0) is 20.8 Å². The van der Waals surface area contributed by atoms with Gasteiger partial charge in [0.2, 0.25) is 0 Å². The van der Waals surface area contributed by atoms with E-state index in [4.69, 9.17) is 9.57 Å². The highest BCUT2D eigenvalue weighted by Gasteiger charge is 2.22. The summed E-state index contributed by atoms with van der Waals surface area (Å²) in [5.74, 6) is -1.07. The van der Waals surface area contributed by atoms with Gasteiger partial charge in [-0.1, -0.05) is 30.3 Å². The molecule has 3 rings (SSSR count). The number of fused-ring (bicyclic) bond motifs is 1. The monoisotopic (exact) mass is 470 g/mol. The van der Waals surface area contributed by atoms with E-state index in [1.165, 1.54) is 6.07 Å². The zero-order valence-corrected chi connectivity index (χ0v) is 19.9. The van der Waals surface area contributed by atoms with Gasteiger partial charge in [0, 0.05) is 32.0 Å². The van der Waals surface area contributed by atoms with Gasteiger partial charge >= 0.3 is 5.97 Å². The molecule has 0 bridgehead atoms. The Bertz CT molecular complexity index is 962. The molecule has 0 unspecified atom stereocenters. The number of ether oxygens (including phenoxy) is 1. The lowest BCUT2D eigenvalue weighted by Crippen LogP contribution is -2.37. The SMILES string of the molecule is C[C@@H]1/C=C/C[C@@H](C)OC(=O)c2c(O)cc(O)cc2CC(=N/OCC(=O)N2CCCCC2)/C=C/C1. The van der Waals surface area contributed by atoms with Gasteiger partial charge in [0.25, 0.3) is 5.91 Å². The topological polar surface area (TPSA) is 109 Å². The first kappa shape index (κ1) is 25.3. The fourth-order valence-corrected chi connectivity index (χ4v) is 4.06. The number of carbonyl (C=O) groups excluding carboxylic acids is 2. The van der Waals surface area contributed by atoms with Gasteiger partial charge in [0.05, 0.1) is 5.71 Å². The van der Waals surface area contributed by atoms with Crippen LogP contribution in [0.4, 0.5) is 0 Å². The van der Waals surface area contributed by atoms with E-state index in [1.807, 2.05) is 12.2 Å². The molecule has 1 aromatic carbocycles. The first-order chi connectivity index (χ1) is 16.3. The standard InChI is InChI=1S/C26H34N2O6/c1-18-8-6-10-19(2)34-26(32)25-20(15-22(29)16-23(25)30)14-21(11-7-9-18)27-33-17-24(31)28-12-4-3-5-13-28/h6-8,11,15-16,18-19,29-30H,3-5,9-10,12-14,17H2,1-2H3/b8-6+,11-7+,27-21+/t18-,19-/m1/s1. The Kier molecular flexibility index (Phi) is 9.13. The summed E-state index contributed by atoms with van der Waals surface area (Å²) in [7, 11) is 0. The van der Waals surface area contributed by atoms with E-state index in [1.54, 1.807) is 17.9 Å². The summed E-state index contributed by atoms with van der Waals surface area (Å²) in [6, 6.07) is 2.51. The molecule has 2 aliphatic rings. The molecule has 34 heavy (non-hydrogen) atoms. The zero-order valence-electron chi connectivity index (χ0n) is 19.9. The first-order valence-electron chi connectivity index (χ1n) is 11.9. The smallest absolute Gasteiger partial charge is 0.342 e. The first-order valence-corrected chi connectivity index (χ1v) is 11.9. The highest BCUT2D eigenvalue weighted by atomic mass is 16.6. The molecule has 8 heteroatoms. The number of cyclic esters (lactones) is 1. The molecule has 8 nitrogen and oxygen atoms in total. The minimum atomic E-state index is -0.678. The van der Waals surface area contributed by atoms with Crippen molar-refractivity contribution in [1.82, 2.24) is 4.90 Å². The molecule has 1 fully saturated rings. The molecule has 1 saturated heterocycles. The van der Waals surface area contributed by atoms with Crippen LogP contribution in [0.25, 0.3) is 0 Å². The van der Waals surface area contributed by atoms with Crippen molar-refractivity contribution < 1.29 is 29.4 Å². The van der Waals surface area contributed by atoms with E-state index in [0.717, 1.165) is 44.8 Å². The van der Waals surface area contributed by atoms with Crippen LogP contribution in [0.5, 0.6) is 11.5 Å². The Morgan fingerprint density at radius 1 is 1.15 bits per heavy atom. The summed E-state index contributed by atoms with van der Waals surface area (Å²) < 4.78 is 5.52. The van der Waals surface area contributed by atoms with Gasteiger partial charge in [-0.15, -0.1) is 0 Å². The van der Waals surface area contributed by atoms with Crippen molar-refractivity contribution in [3.05, 3.63) is 47.6 Å². The normalized spacial score (nSPS) is 25.1. The molecule has 0 aliphatic carbocycles. The van der Waals surface area contributed by atoms with Gasteiger partial charge < -0.3 is 24.7 Å². The number of nitrogens with zero attached hydrogens (tertiary/aromatic N) is 2. The molecule has 184 valence electrons. The van der Waals surface area contributed by atoms with Crippen LogP contribution in [-0.4, -0.2) is 58.5 Å². The van der Waals surface area contributed by atoms with Crippen LogP contribution in [0.15, 0.2) is 41.6 Å². The zero-order chi connectivity index (χ0) is 24.5. The molecule has 0 spiro atoms. The molecule has 0 radical (unpaired) electrons.